The number of hydrogen-bond acceptors (Lipinski definition) is 4. The summed E-state index contributed by atoms with van der Waals surface area (Å²) in [4.78, 5) is 21.0. The van der Waals surface area contributed by atoms with E-state index < -0.39 is 11.7 Å². The Kier molecular flexibility index (Phi) is 5.74. The molecule has 3 aromatic rings. The van der Waals surface area contributed by atoms with Crippen LogP contribution in [0.25, 0.3) is 11.0 Å². The minimum atomic E-state index is -4.49. The molecule has 9 heteroatoms. The van der Waals surface area contributed by atoms with Crippen LogP contribution in [-0.2, 0) is 6.18 Å². The van der Waals surface area contributed by atoms with Gasteiger partial charge < -0.3 is 5.32 Å². The van der Waals surface area contributed by atoms with Gasteiger partial charge in [-0.25, -0.2) is 4.98 Å². The minimum Gasteiger partial charge on any atom is -0.324 e. The molecule has 28 heavy (non-hydrogen) atoms. The second-order valence-corrected chi connectivity index (χ2v) is 7.16. The van der Waals surface area contributed by atoms with Gasteiger partial charge in [-0.3, -0.25) is 9.36 Å². The van der Waals surface area contributed by atoms with E-state index in [9.17, 15) is 18.0 Å². The summed E-state index contributed by atoms with van der Waals surface area (Å²) in [5, 5.41) is 3.48. The van der Waals surface area contributed by atoms with Gasteiger partial charge in [-0.15, -0.1) is 0 Å². The molecule has 0 amide bonds. The molecule has 148 valence electrons. The Morgan fingerprint density at radius 3 is 2.54 bits per heavy atom. The normalized spacial score (nSPS) is 12.0. The van der Waals surface area contributed by atoms with Gasteiger partial charge in [-0.1, -0.05) is 29.8 Å². The van der Waals surface area contributed by atoms with Crippen molar-refractivity contribution in [3.8, 4) is 0 Å². The predicted octanol–water partition coefficient (Wildman–Crippen LogP) is 5.68. The Balaban J connectivity index is 2.06. The van der Waals surface area contributed by atoms with Crippen LogP contribution in [0.5, 0.6) is 0 Å². The van der Waals surface area contributed by atoms with E-state index in [1.54, 1.807) is 16.8 Å². The third kappa shape index (κ3) is 4.04. The zero-order valence-corrected chi connectivity index (χ0v) is 16.8. The summed E-state index contributed by atoms with van der Waals surface area (Å²) in [6, 6.07) is 6.88. The van der Waals surface area contributed by atoms with Crippen LogP contribution in [0.4, 0.5) is 24.8 Å². The zero-order valence-electron chi connectivity index (χ0n) is 15.2. The van der Waals surface area contributed by atoms with E-state index in [0.29, 0.717) is 11.0 Å². The number of alkyl halides is 3. The SMILES string of the molecule is CCC(CC)n1c(=O)ccc2cnc(Nc3ccc(Br)c(C(F)(F)F)c3)nc21. The number of fused-ring (bicyclic) bond motifs is 1. The van der Waals surface area contributed by atoms with E-state index >= 15 is 0 Å². The van der Waals surface area contributed by atoms with E-state index in [4.69, 9.17) is 0 Å². The minimum absolute atomic E-state index is 0.0246. The maximum atomic E-state index is 13.1. The molecule has 0 atom stereocenters. The molecule has 0 aliphatic rings. The second kappa shape index (κ2) is 7.90. The van der Waals surface area contributed by atoms with E-state index in [2.05, 4.69) is 31.2 Å². The Morgan fingerprint density at radius 1 is 1.18 bits per heavy atom. The number of benzene rings is 1. The highest BCUT2D eigenvalue weighted by molar-refractivity contribution is 9.10. The molecule has 0 aliphatic heterocycles. The lowest BCUT2D eigenvalue weighted by molar-refractivity contribution is -0.138. The lowest BCUT2D eigenvalue weighted by atomic mass is 10.1. The Bertz CT molecular complexity index is 1060. The van der Waals surface area contributed by atoms with E-state index in [0.717, 1.165) is 18.9 Å². The van der Waals surface area contributed by atoms with Gasteiger partial charge in [0.1, 0.15) is 5.65 Å². The van der Waals surface area contributed by atoms with Crippen molar-refractivity contribution in [1.82, 2.24) is 14.5 Å². The fourth-order valence-corrected chi connectivity index (χ4v) is 3.53. The average Bonchev–Trinajstić information content (AvgIpc) is 2.65. The van der Waals surface area contributed by atoms with E-state index in [-0.39, 0.29) is 27.7 Å². The largest absolute Gasteiger partial charge is 0.417 e. The van der Waals surface area contributed by atoms with Gasteiger partial charge in [0.25, 0.3) is 5.56 Å². The van der Waals surface area contributed by atoms with Gasteiger partial charge in [0.2, 0.25) is 5.95 Å². The summed E-state index contributed by atoms with van der Waals surface area (Å²) in [7, 11) is 0. The van der Waals surface area contributed by atoms with Crippen LogP contribution in [-0.4, -0.2) is 14.5 Å². The van der Waals surface area contributed by atoms with Crippen LogP contribution in [0.15, 0.2) is 45.8 Å². The second-order valence-electron chi connectivity index (χ2n) is 6.30. The van der Waals surface area contributed by atoms with Gasteiger partial charge in [-0.05, 0) is 37.1 Å². The first kappa shape index (κ1) is 20.3. The molecule has 2 heterocycles. The monoisotopic (exact) mass is 454 g/mol. The Labute approximate surface area is 167 Å². The van der Waals surface area contributed by atoms with Gasteiger partial charge in [-0.2, -0.15) is 18.2 Å². The highest BCUT2D eigenvalue weighted by atomic mass is 79.9. The molecule has 0 bridgehead atoms. The molecule has 1 aromatic carbocycles. The molecule has 0 saturated carbocycles. The zero-order chi connectivity index (χ0) is 20.5. The van der Waals surface area contributed by atoms with Gasteiger partial charge in [0, 0.05) is 33.9 Å². The molecule has 0 unspecified atom stereocenters. The number of halogens is 4. The van der Waals surface area contributed by atoms with E-state index in [1.807, 2.05) is 13.8 Å². The third-order valence-electron chi connectivity index (χ3n) is 4.50. The summed E-state index contributed by atoms with van der Waals surface area (Å²) >= 11 is 2.92. The van der Waals surface area contributed by atoms with Crippen molar-refractivity contribution in [3.05, 3.63) is 56.9 Å². The van der Waals surface area contributed by atoms with Crippen molar-refractivity contribution >= 4 is 38.6 Å². The van der Waals surface area contributed by atoms with Crippen molar-refractivity contribution < 1.29 is 13.2 Å². The number of nitrogens with one attached hydrogen (secondary N) is 1. The maximum absolute atomic E-state index is 13.1. The average molecular weight is 455 g/mol. The third-order valence-corrected chi connectivity index (χ3v) is 5.19. The number of pyridine rings is 1. The van der Waals surface area contributed by atoms with Crippen molar-refractivity contribution in [2.24, 2.45) is 0 Å². The molecule has 0 fully saturated rings. The van der Waals surface area contributed by atoms with Crippen molar-refractivity contribution in [3.63, 3.8) is 0 Å². The van der Waals surface area contributed by atoms with Gasteiger partial charge in [0.05, 0.1) is 5.56 Å². The lowest BCUT2D eigenvalue weighted by Crippen LogP contribution is -2.24. The molecule has 0 radical (unpaired) electrons. The highest BCUT2D eigenvalue weighted by Crippen LogP contribution is 2.36. The van der Waals surface area contributed by atoms with Gasteiger partial charge in [0.15, 0.2) is 0 Å². The standard InChI is InChI=1S/C19H18BrF3N4O/c1-3-13(4-2)27-16(28)8-5-11-10-24-18(26-17(11)27)25-12-6-7-15(20)14(9-12)19(21,22)23/h5-10,13H,3-4H2,1-2H3,(H,24,25,26). The summed E-state index contributed by atoms with van der Waals surface area (Å²) in [5.74, 6) is 0.119. The lowest BCUT2D eigenvalue weighted by Gasteiger charge is -2.18. The summed E-state index contributed by atoms with van der Waals surface area (Å²) in [5.41, 5.74) is -0.324. The smallest absolute Gasteiger partial charge is 0.324 e. The maximum Gasteiger partial charge on any atom is 0.417 e. The number of rotatable bonds is 5. The topological polar surface area (TPSA) is 59.8 Å². The van der Waals surface area contributed by atoms with Crippen LogP contribution in [0.2, 0.25) is 0 Å². The Hall–Kier alpha value is -2.42. The number of anilines is 2. The highest BCUT2D eigenvalue weighted by Gasteiger charge is 2.33. The van der Waals surface area contributed by atoms with Crippen LogP contribution in [0, 0.1) is 0 Å². The molecule has 0 saturated heterocycles. The molecule has 1 N–H and O–H groups in total. The van der Waals surface area contributed by atoms with Crippen molar-refractivity contribution in [1.29, 1.82) is 0 Å². The summed E-state index contributed by atoms with van der Waals surface area (Å²) in [6.07, 6.45) is -1.43. The predicted molar refractivity (Wildman–Crippen MR) is 106 cm³/mol. The van der Waals surface area contributed by atoms with Crippen LogP contribution >= 0.6 is 15.9 Å². The molecule has 2 aromatic heterocycles. The van der Waals surface area contributed by atoms with Crippen LogP contribution in [0.1, 0.15) is 38.3 Å². The molecule has 3 rings (SSSR count). The molecular weight excluding hydrogens is 437 g/mol. The van der Waals surface area contributed by atoms with Crippen molar-refractivity contribution in [2.75, 3.05) is 5.32 Å². The summed E-state index contributed by atoms with van der Waals surface area (Å²) < 4.78 is 40.9. The fourth-order valence-electron chi connectivity index (χ4n) is 3.05. The van der Waals surface area contributed by atoms with Gasteiger partial charge >= 0.3 is 6.18 Å². The number of nitrogens with zero attached hydrogens (tertiary/aromatic N) is 3. The molecular formula is C19H18BrF3N4O. The Morgan fingerprint density at radius 2 is 1.89 bits per heavy atom. The van der Waals surface area contributed by atoms with Crippen LogP contribution in [0.3, 0.4) is 0 Å². The first-order valence-electron chi connectivity index (χ1n) is 8.76. The first-order chi connectivity index (χ1) is 13.2. The molecule has 0 spiro atoms. The first-order valence-corrected chi connectivity index (χ1v) is 9.56. The number of aromatic nitrogens is 3. The van der Waals surface area contributed by atoms with Crippen LogP contribution < -0.4 is 10.9 Å². The fraction of sp³-hybridized carbons (Fsp3) is 0.316. The molecule has 5 nitrogen and oxygen atoms in total. The van der Waals surface area contributed by atoms with E-state index in [1.165, 1.54) is 18.2 Å². The molecule has 0 aliphatic carbocycles. The quantitative estimate of drug-likeness (QED) is 0.538. The number of hydrogen-bond donors (Lipinski definition) is 1. The summed E-state index contributed by atoms with van der Waals surface area (Å²) in [6.45, 7) is 3.97. The van der Waals surface area contributed by atoms with Crippen molar-refractivity contribution in [2.45, 2.75) is 38.9 Å².